The van der Waals surface area contributed by atoms with Crippen molar-refractivity contribution in [1.29, 1.82) is 0 Å². The average Bonchev–Trinajstić information content (AvgIpc) is 2.58. The van der Waals surface area contributed by atoms with Gasteiger partial charge in [-0.15, -0.1) is 0 Å². The molecule has 0 bridgehead atoms. The molecule has 12 heavy (non-hydrogen) atoms. The van der Waals surface area contributed by atoms with Crippen molar-refractivity contribution in [3.8, 4) is 0 Å². The van der Waals surface area contributed by atoms with Crippen LogP contribution in [0.5, 0.6) is 0 Å². The van der Waals surface area contributed by atoms with Crippen LogP contribution in [0, 0.1) is 0 Å². The average molecular weight is 168 g/mol. The maximum Gasteiger partial charge on any atom is 0.100 e. The number of hydrogen-bond donors (Lipinski definition) is 0. The molecule has 0 aliphatic heterocycles. The Bertz CT molecular complexity index is 225. The predicted octanol–water partition coefficient (Wildman–Crippen LogP) is 2.34. The van der Waals surface area contributed by atoms with Gasteiger partial charge < -0.3 is 4.57 Å². The highest BCUT2D eigenvalue weighted by molar-refractivity contribution is 4.83. The quantitative estimate of drug-likeness (QED) is 0.629. The molecule has 0 amide bonds. The van der Waals surface area contributed by atoms with Crippen LogP contribution < -0.4 is 0 Å². The van der Waals surface area contributed by atoms with E-state index in [2.05, 4.69) is 9.55 Å². The summed E-state index contributed by atoms with van der Waals surface area (Å²) in [6.07, 6.45) is 8.33. The van der Waals surface area contributed by atoms with Crippen molar-refractivity contribution in [2.24, 2.45) is 0 Å². The molecule has 0 unspecified atom stereocenters. The molecule has 2 rings (SSSR count). The summed E-state index contributed by atoms with van der Waals surface area (Å²) in [5.74, 6) is 0. The van der Waals surface area contributed by atoms with Crippen LogP contribution in [0.4, 0.5) is 4.39 Å². The minimum atomic E-state index is -0.565. The van der Waals surface area contributed by atoms with Crippen LogP contribution in [-0.2, 0) is 0 Å². The molecule has 2 nitrogen and oxygen atoms in total. The molecule has 1 aromatic rings. The number of hydrogen-bond acceptors (Lipinski definition) is 1. The zero-order chi connectivity index (χ0) is 8.39. The van der Waals surface area contributed by atoms with Crippen molar-refractivity contribution >= 4 is 0 Å². The van der Waals surface area contributed by atoms with Gasteiger partial charge in [0.25, 0.3) is 0 Å². The normalized spacial score (nSPS) is 30.4. The van der Waals surface area contributed by atoms with Crippen molar-refractivity contribution in [2.75, 3.05) is 0 Å². The Kier molecular flexibility index (Phi) is 2.11. The van der Waals surface area contributed by atoms with Gasteiger partial charge in [-0.3, -0.25) is 0 Å². The molecule has 0 N–H and O–H groups in total. The van der Waals surface area contributed by atoms with E-state index in [9.17, 15) is 4.39 Å². The summed E-state index contributed by atoms with van der Waals surface area (Å²) in [6, 6.07) is 0.486. The highest BCUT2D eigenvalue weighted by Crippen LogP contribution is 2.29. The van der Waals surface area contributed by atoms with E-state index in [1.807, 2.05) is 12.5 Å². The zero-order valence-corrected chi connectivity index (χ0v) is 6.99. The Morgan fingerprint density at radius 2 is 2.00 bits per heavy atom. The van der Waals surface area contributed by atoms with Crippen molar-refractivity contribution in [3.05, 3.63) is 18.7 Å². The monoisotopic (exact) mass is 168 g/mol. The SMILES string of the molecule is FC1CCC(n2ccnc2)CC1. The Labute approximate surface area is 71.4 Å². The van der Waals surface area contributed by atoms with Crippen LogP contribution in [-0.4, -0.2) is 15.7 Å². The lowest BCUT2D eigenvalue weighted by atomic mass is 9.94. The highest BCUT2D eigenvalue weighted by Gasteiger charge is 2.20. The summed E-state index contributed by atoms with van der Waals surface area (Å²) in [5, 5.41) is 0. The molecule has 1 heterocycles. The van der Waals surface area contributed by atoms with Crippen LogP contribution in [0.3, 0.4) is 0 Å². The number of alkyl halides is 1. The molecule has 1 aliphatic rings. The van der Waals surface area contributed by atoms with Crippen LogP contribution >= 0.6 is 0 Å². The molecule has 3 heteroatoms. The molecule has 1 saturated carbocycles. The van der Waals surface area contributed by atoms with Gasteiger partial charge in [-0.25, -0.2) is 9.37 Å². The van der Waals surface area contributed by atoms with Gasteiger partial charge in [-0.2, -0.15) is 0 Å². The summed E-state index contributed by atoms with van der Waals surface area (Å²) in [4.78, 5) is 3.99. The van der Waals surface area contributed by atoms with E-state index >= 15 is 0 Å². The van der Waals surface area contributed by atoms with E-state index in [0.29, 0.717) is 18.9 Å². The molecule has 0 radical (unpaired) electrons. The van der Waals surface area contributed by atoms with E-state index in [0.717, 1.165) is 12.8 Å². The van der Waals surface area contributed by atoms with Gasteiger partial charge in [-0.05, 0) is 25.7 Å². The minimum Gasteiger partial charge on any atom is -0.334 e. The smallest absolute Gasteiger partial charge is 0.100 e. The number of aromatic nitrogens is 2. The van der Waals surface area contributed by atoms with Crippen molar-refractivity contribution in [1.82, 2.24) is 9.55 Å². The fraction of sp³-hybridized carbons (Fsp3) is 0.667. The number of nitrogens with zero attached hydrogens (tertiary/aromatic N) is 2. The predicted molar refractivity (Wildman–Crippen MR) is 44.6 cm³/mol. The maximum atomic E-state index is 12.8. The van der Waals surface area contributed by atoms with Crippen molar-refractivity contribution in [3.63, 3.8) is 0 Å². The van der Waals surface area contributed by atoms with Crippen LogP contribution in [0.15, 0.2) is 18.7 Å². The van der Waals surface area contributed by atoms with Crippen LogP contribution in [0.25, 0.3) is 0 Å². The molecule has 0 saturated heterocycles. The van der Waals surface area contributed by atoms with E-state index in [1.165, 1.54) is 0 Å². The lowest BCUT2D eigenvalue weighted by Crippen LogP contribution is -2.17. The second kappa shape index (κ2) is 3.25. The van der Waals surface area contributed by atoms with E-state index in [4.69, 9.17) is 0 Å². The molecule has 0 aromatic carbocycles. The molecule has 0 spiro atoms. The second-order valence-electron chi connectivity index (χ2n) is 3.42. The lowest BCUT2D eigenvalue weighted by molar-refractivity contribution is 0.209. The topological polar surface area (TPSA) is 17.8 Å². The van der Waals surface area contributed by atoms with E-state index in [-0.39, 0.29) is 0 Å². The van der Waals surface area contributed by atoms with Gasteiger partial charge in [0.05, 0.1) is 6.33 Å². The third-order valence-corrected chi connectivity index (χ3v) is 2.57. The van der Waals surface area contributed by atoms with Crippen LogP contribution in [0.2, 0.25) is 0 Å². The van der Waals surface area contributed by atoms with Crippen molar-refractivity contribution in [2.45, 2.75) is 37.9 Å². The number of imidazole rings is 1. The summed E-state index contributed by atoms with van der Waals surface area (Å²) in [5.41, 5.74) is 0. The highest BCUT2D eigenvalue weighted by atomic mass is 19.1. The van der Waals surface area contributed by atoms with Gasteiger partial charge in [0.2, 0.25) is 0 Å². The largest absolute Gasteiger partial charge is 0.334 e. The summed E-state index contributed by atoms with van der Waals surface area (Å²) >= 11 is 0. The first-order valence-electron chi connectivity index (χ1n) is 4.48. The summed E-state index contributed by atoms with van der Waals surface area (Å²) in [7, 11) is 0. The number of halogens is 1. The van der Waals surface area contributed by atoms with Gasteiger partial charge >= 0.3 is 0 Å². The minimum absolute atomic E-state index is 0.486. The second-order valence-corrected chi connectivity index (χ2v) is 3.42. The lowest BCUT2D eigenvalue weighted by Gasteiger charge is -2.24. The van der Waals surface area contributed by atoms with Gasteiger partial charge in [-0.1, -0.05) is 0 Å². The first kappa shape index (κ1) is 7.77. The molecule has 1 aromatic heterocycles. The first-order valence-corrected chi connectivity index (χ1v) is 4.48. The Balaban J connectivity index is 1.99. The number of rotatable bonds is 1. The summed E-state index contributed by atoms with van der Waals surface area (Å²) in [6.45, 7) is 0. The van der Waals surface area contributed by atoms with Gasteiger partial charge in [0.15, 0.2) is 0 Å². The third-order valence-electron chi connectivity index (χ3n) is 2.57. The molecule has 0 atom stereocenters. The molecule has 1 aliphatic carbocycles. The van der Waals surface area contributed by atoms with Crippen LogP contribution in [0.1, 0.15) is 31.7 Å². The van der Waals surface area contributed by atoms with E-state index in [1.54, 1.807) is 6.20 Å². The van der Waals surface area contributed by atoms with Crippen molar-refractivity contribution < 1.29 is 4.39 Å². The Morgan fingerprint density at radius 3 is 2.58 bits per heavy atom. The molecular formula is C9H13FN2. The fourth-order valence-corrected chi connectivity index (χ4v) is 1.82. The molecule has 1 fully saturated rings. The first-order chi connectivity index (χ1) is 5.86. The Hall–Kier alpha value is -0.860. The van der Waals surface area contributed by atoms with Gasteiger partial charge in [0.1, 0.15) is 6.17 Å². The molecular weight excluding hydrogens is 155 g/mol. The molecule has 66 valence electrons. The fourth-order valence-electron chi connectivity index (χ4n) is 1.82. The standard InChI is InChI=1S/C9H13FN2/c10-8-1-3-9(4-2-8)12-6-5-11-7-12/h5-9H,1-4H2. The Morgan fingerprint density at radius 1 is 1.25 bits per heavy atom. The maximum absolute atomic E-state index is 12.8. The summed E-state index contributed by atoms with van der Waals surface area (Å²) < 4.78 is 14.9. The van der Waals surface area contributed by atoms with E-state index < -0.39 is 6.17 Å². The zero-order valence-electron chi connectivity index (χ0n) is 6.99. The van der Waals surface area contributed by atoms with Gasteiger partial charge in [0, 0.05) is 18.4 Å². The third kappa shape index (κ3) is 1.49.